The first kappa shape index (κ1) is 21.2. The summed E-state index contributed by atoms with van der Waals surface area (Å²) >= 11 is 0. The van der Waals surface area contributed by atoms with Crippen LogP contribution in [0.3, 0.4) is 0 Å². The van der Waals surface area contributed by atoms with E-state index in [1.54, 1.807) is 20.8 Å². The molecule has 0 saturated carbocycles. The second-order valence-corrected chi connectivity index (χ2v) is 8.31. The minimum absolute atomic E-state index is 0.0298. The van der Waals surface area contributed by atoms with Crippen molar-refractivity contribution in [3.63, 3.8) is 0 Å². The molecule has 0 aliphatic carbocycles. The molecule has 0 fully saturated rings. The quantitative estimate of drug-likeness (QED) is 0.556. The van der Waals surface area contributed by atoms with E-state index in [1.807, 2.05) is 0 Å². The van der Waals surface area contributed by atoms with Gasteiger partial charge in [-0.1, -0.05) is 0 Å². The Morgan fingerprint density at radius 2 is 1.89 bits per heavy atom. The fourth-order valence-corrected chi connectivity index (χ4v) is 2.75. The molecular weight excluding hydrogens is 393 g/mol. The van der Waals surface area contributed by atoms with E-state index in [4.69, 9.17) is 9.47 Å². The molecule has 152 valence electrons. The van der Waals surface area contributed by atoms with Crippen molar-refractivity contribution in [2.45, 2.75) is 51.1 Å². The predicted octanol–water partition coefficient (Wildman–Crippen LogP) is 2.58. The molecule has 0 N–H and O–H groups in total. The Hall–Kier alpha value is -2.08. The van der Waals surface area contributed by atoms with Crippen LogP contribution in [0, 0.1) is 0 Å². The normalized spacial score (nSPS) is 18.0. The standard InChI is InChI=1S/C15H19F3N2O6S/c1-14(2,3)25-13(21)20-8-10-7-19-11(5-9(10)6-12(20)24-4)26-27(22,23)15(16,17)18/h5,7,12H,6,8H2,1-4H3. The number of hydrogen-bond acceptors (Lipinski definition) is 7. The van der Waals surface area contributed by atoms with Gasteiger partial charge in [0.25, 0.3) is 0 Å². The number of rotatable bonds is 3. The van der Waals surface area contributed by atoms with Crippen LogP contribution in [0.2, 0.25) is 0 Å². The maximum Gasteiger partial charge on any atom is 0.534 e. The topological polar surface area (TPSA) is 95.0 Å². The SMILES string of the molecule is COC1Cc2cc(OS(=O)(=O)C(F)(F)F)ncc2CN1C(=O)OC(C)(C)C. The number of methoxy groups -OCH3 is 1. The summed E-state index contributed by atoms with van der Waals surface area (Å²) in [5, 5.41) is 0. The van der Waals surface area contributed by atoms with Gasteiger partial charge in [-0.15, -0.1) is 0 Å². The van der Waals surface area contributed by atoms with Crippen LogP contribution < -0.4 is 4.18 Å². The van der Waals surface area contributed by atoms with Crippen LogP contribution in [0.1, 0.15) is 31.9 Å². The Kier molecular flexibility index (Phi) is 5.62. The molecule has 1 aromatic rings. The highest BCUT2D eigenvalue weighted by Gasteiger charge is 2.49. The Bertz CT molecular complexity index is 820. The summed E-state index contributed by atoms with van der Waals surface area (Å²) in [6.45, 7) is 5.15. The number of nitrogens with zero attached hydrogens (tertiary/aromatic N) is 2. The molecule has 0 bridgehead atoms. The molecule has 1 unspecified atom stereocenters. The number of amides is 1. The Balaban J connectivity index is 2.25. The highest BCUT2D eigenvalue weighted by Crippen LogP contribution is 2.30. The van der Waals surface area contributed by atoms with Crippen molar-refractivity contribution in [1.82, 2.24) is 9.88 Å². The molecule has 1 amide bonds. The number of carbonyl (C=O) groups excluding carboxylic acids is 1. The van der Waals surface area contributed by atoms with E-state index in [0.717, 1.165) is 12.3 Å². The lowest BCUT2D eigenvalue weighted by atomic mass is 10.0. The van der Waals surface area contributed by atoms with Gasteiger partial charge in [0.15, 0.2) is 0 Å². The average molecular weight is 412 g/mol. The third kappa shape index (κ3) is 5.01. The van der Waals surface area contributed by atoms with Crippen LogP contribution in [0.25, 0.3) is 0 Å². The molecule has 1 aliphatic heterocycles. The molecule has 0 saturated heterocycles. The minimum atomic E-state index is -5.82. The zero-order valence-corrected chi connectivity index (χ0v) is 15.8. The van der Waals surface area contributed by atoms with Crippen LogP contribution >= 0.6 is 0 Å². The summed E-state index contributed by atoms with van der Waals surface area (Å²) in [7, 11) is -4.46. The predicted molar refractivity (Wildman–Crippen MR) is 86.1 cm³/mol. The third-order valence-electron chi connectivity index (χ3n) is 3.52. The number of halogens is 3. The second kappa shape index (κ2) is 7.15. The smallest absolute Gasteiger partial charge is 0.444 e. The van der Waals surface area contributed by atoms with E-state index >= 15 is 0 Å². The Morgan fingerprint density at radius 3 is 2.41 bits per heavy atom. The molecule has 2 rings (SSSR count). The van der Waals surface area contributed by atoms with Gasteiger partial charge >= 0.3 is 21.7 Å². The molecular formula is C15H19F3N2O6S. The third-order valence-corrected chi connectivity index (χ3v) is 4.48. The zero-order valence-electron chi connectivity index (χ0n) is 15.0. The van der Waals surface area contributed by atoms with Gasteiger partial charge in [0.2, 0.25) is 5.88 Å². The summed E-state index contributed by atoms with van der Waals surface area (Å²) in [6.07, 6.45) is -0.127. The van der Waals surface area contributed by atoms with Crippen molar-refractivity contribution in [1.29, 1.82) is 0 Å². The lowest BCUT2D eigenvalue weighted by Crippen LogP contribution is -2.47. The number of hydrogen-bond donors (Lipinski definition) is 0. The number of fused-ring (bicyclic) bond motifs is 1. The average Bonchev–Trinajstić information content (AvgIpc) is 2.50. The lowest BCUT2D eigenvalue weighted by molar-refractivity contribution is -0.0576. The first-order chi connectivity index (χ1) is 12.2. The van der Waals surface area contributed by atoms with Crippen LogP contribution in [-0.2, 0) is 32.6 Å². The van der Waals surface area contributed by atoms with E-state index in [0.29, 0.717) is 11.1 Å². The van der Waals surface area contributed by atoms with E-state index in [9.17, 15) is 26.4 Å². The lowest BCUT2D eigenvalue weighted by Gasteiger charge is -2.36. The summed E-state index contributed by atoms with van der Waals surface area (Å²) in [4.78, 5) is 17.2. The molecule has 0 spiro atoms. The summed E-state index contributed by atoms with van der Waals surface area (Å²) in [6, 6.07) is 1.08. The molecule has 27 heavy (non-hydrogen) atoms. The van der Waals surface area contributed by atoms with Crippen molar-refractivity contribution in [3.05, 3.63) is 23.4 Å². The maximum absolute atomic E-state index is 12.4. The van der Waals surface area contributed by atoms with Crippen molar-refractivity contribution < 1.29 is 40.0 Å². The van der Waals surface area contributed by atoms with Gasteiger partial charge in [-0.2, -0.15) is 21.6 Å². The molecule has 0 aromatic carbocycles. The number of alkyl halides is 3. The largest absolute Gasteiger partial charge is 0.534 e. The number of pyridine rings is 1. The van der Waals surface area contributed by atoms with Gasteiger partial charge < -0.3 is 13.7 Å². The van der Waals surface area contributed by atoms with E-state index in [-0.39, 0.29) is 13.0 Å². The van der Waals surface area contributed by atoms with Crippen molar-refractivity contribution >= 4 is 16.2 Å². The van der Waals surface area contributed by atoms with Gasteiger partial charge in [0.05, 0.1) is 6.54 Å². The van der Waals surface area contributed by atoms with Gasteiger partial charge in [0, 0.05) is 25.8 Å². The van der Waals surface area contributed by atoms with Gasteiger partial charge in [-0.05, 0) is 31.9 Å². The number of ether oxygens (including phenoxy) is 2. The molecule has 8 nitrogen and oxygen atoms in total. The van der Waals surface area contributed by atoms with Crippen molar-refractivity contribution in [3.8, 4) is 5.88 Å². The minimum Gasteiger partial charge on any atom is -0.444 e. The molecule has 1 atom stereocenters. The molecule has 2 heterocycles. The Labute approximate surface area is 154 Å². The van der Waals surface area contributed by atoms with Gasteiger partial charge in [0.1, 0.15) is 11.8 Å². The van der Waals surface area contributed by atoms with Crippen molar-refractivity contribution in [2.75, 3.05) is 7.11 Å². The summed E-state index contributed by atoms with van der Waals surface area (Å²) in [5.41, 5.74) is -5.33. The number of carbonyl (C=O) groups is 1. The molecule has 12 heteroatoms. The first-order valence-electron chi connectivity index (χ1n) is 7.74. The zero-order chi connectivity index (χ0) is 20.6. The second-order valence-electron chi connectivity index (χ2n) is 6.78. The highest BCUT2D eigenvalue weighted by atomic mass is 32.2. The highest BCUT2D eigenvalue weighted by molar-refractivity contribution is 7.87. The van der Waals surface area contributed by atoms with Crippen LogP contribution in [0.5, 0.6) is 5.88 Å². The molecule has 0 radical (unpaired) electrons. The maximum atomic E-state index is 12.4. The fraction of sp³-hybridized carbons (Fsp3) is 0.600. The number of aromatic nitrogens is 1. The Morgan fingerprint density at radius 1 is 1.26 bits per heavy atom. The van der Waals surface area contributed by atoms with E-state index in [1.165, 1.54) is 12.0 Å². The first-order valence-corrected chi connectivity index (χ1v) is 9.15. The van der Waals surface area contributed by atoms with E-state index < -0.39 is 39.4 Å². The van der Waals surface area contributed by atoms with Crippen LogP contribution in [0.15, 0.2) is 12.3 Å². The molecule has 1 aliphatic rings. The fourth-order valence-electron chi connectivity index (χ4n) is 2.34. The van der Waals surface area contributed by atoms with Gasteiger partial charge in [-0.3, -0.25) is 4.90 Å². The summed E-state index contributed by atoms with van der Waals surface area (Å²) < 4.78 is 74.1. The van der Waals surface area contributed by atoms with Crippen molar-refractivity contribution in [2.24, 2.45) is 0 Å². The van der Waals surface area contributed by atoms with Crippen LogP contribution in [0.4, 0.5) is 18.0 Å². The van der Waals surface area contributed by atoms with Crippen LogP contribution in [-0.4, -0.2) is 48.8 Å². The van der Waals surface area contributed by atoms with Gasteiger partial charge in [-0.25, -0.2) is 9.78 Å². The monoisotopic (exact) mass is 412 g/mol. The van der Waals surface area contributed by atoms with E-state index in [2.05, 4.69) is 9.17 Å². The summed E-state index contributed by atoms with van der Waals surface area (Å²) in [5.74, 6) is -0.716. The molecule has 1 aromatic heterocycles.